The summed E-state index contributed by atoms with van der Waals surface area (Å²) in [5.74, 6) is -1.37. The largest absolute Gasteiger partial charge is 0.490 e. The zero-order valence-corrected chi connectivity index (χ0v) is 13.3. The number of carbonyl (C=O) groups excluding carboxylic acids is 1. The zero-order chi connectivity index (χ0) is 17.3. The van der Waals surface area contributed by atoms with Crippen molar-refractivity contribution in [2.45, 2.75) is 12.5 Å². The molecule has 0 spiro atoms. The molecule has 0 aliphatic carbocycles. The molecule has 0 bridgehead atoms. The van der Waals surface area contributed by atoms with Gasteiger partial charge in [-0.05, 0) is 12.1 Å². The van der Waals surface area contributed by atoms with Crippen LogP contribution >= 0.6 is 0 Å². The fourth-order valence-corrected chi connectivity index (χ4v) is 2.84. The van der Waals surface area contributed by atoms with Crippen LogP contribution in [0.4, 0.5) is 8.78 Å². The maximum atomic E-state index is 13.9. The lowest BCUT2D eigenvalue weighted by atomic mass is 9.98. The van der Waals surface area contributed by atoms with Crippen LogP contribution in [-0.2, 0) is 0 Å². The SMILES string of the molecule is COc1ncc(F)cc1C(=O)N(C)[C@@H]1CCOc2c(F)cccc21. The molecule has 1 aromatic carbocycles. The van der Waals surface area contributed by atoms with Gasteiger partial charge in [0.05, 0.1) is 26.0 Å². The first-order valence-corrected chi connectivity index (χ1v) is 7.41. The van der Waals surface area contributed by atoms with Crippen LogP contribution in [0.1, 0.15) is 28.4 Å². The normalized spacial score (nSPS) is 16.1. The van der Waals surface area contributed by atoms with E-state index in [9.17, 15) is 13.6 Å². The van der Waals surface area contributed by atoms with Crippen molar-refractivity contribution in [1.82, 2.24) is 9.88 Å². The minimum atomic E-state index is -0.633. The van der Waals surface area contributed by atoms with Crippen LogP contribution in [-0.4, -0.2) is 36.6 Å². The number of pyridine rings is 1. The summed E-state index contributed by atoms with van der Waals surface area (Å²) in [5, 5.41) is 0. The fraction of sp³-hybridized carbons (Fsp3) is 0.294. The van der Waals surface area contributed by atoms with Crippen molar-refractivity contribution in [2.24, 2.45) is 0 Å². The minimum Gasteiger partial charge on any atom is -0.490 e. The first-order chi connectivity index (χ1) is 11.5. The number of hydrogen-bond donors (Lipinski definition) is 0. The highest BCUT2D eigenvalue weighted by Crippen LogP contribution is 2.37. The Morgan fingerprint density at radius 3 is 2.96 bits per heavy atom. The highest BCUT2D eigenvalue weighted by molar-refractivity contribution is 5.96. The van der Waals surface area contributed by atoms with Crippen molar-refractivity contribution in [3.63, 3.8) is 0 Å². The van der Waals surface area contributed by atoms with Gasteiger partial charge in [-0.2, -0.15) is 0 Å². The molecule has 5 nitrogen and oxygen atoms in total. The molecule has 1 aliphatic heterocycles. The van der Waals surface area contributed by atoms with Crippen LogP contribution in [0.5, 0.6) is 11.6 Å². The Labute approximate surface area is 137 Å². The molecule has 126 valence electrons. The van der Waals surface area contributed by atoms with Crippen LogP contribution in [0.3, 0.4) is 0 Å². The molecule has 7 heteroatoms. The molecule has 3 rings (SSSR count). The van der Waals surface area contributed by atoms with Crippen molar-refractivity contribution < 1.29 is 23.0 Å². The third-order valence-electron chi connectivity index (χ3n) is 4.02. The number of carbonyl (C=O) groups is 1. The van der Waals surface area contributed by atoms with Gasteiger partial charge >= 0.3 is 0 Å². The number of hydrogen-bond acceptors (Lipinski definition) is 4. The van der Waals surface area contributed by atoms with Gasteiger partial charge in [-0.1, -0.05) is 12.1 Å². The Morgan fingerprint density at radius 1 is 1.42 bits per heavy atom. The molecule has 0 N–H and O–H groups in total. The minimum absolute atomic E-state index is 0.0180. The molecule has 2 aromatic rings. The number of nitrogens with zero attached hydrogens (tertiary/aromatic N) is 2. The Bertz CT molecular complexity index is 782. The lowest BCUT2D eigenvalue weighted by molar-refractivity contribution is 0.0678. The average Bonchev–Trinajstić information content (AvgIpc) is 2.60. The number of para-hydroxylation sites is 1. The van der Waals surface area contributed by atoms with Crippen LogP contribution in [0.15, 0.2) is 30.5 Å². The Hall–Kier alpha value is -2.70. The fourth-order valence-electron chi connectivity index (χ4n) is 2.84. The molecule has 1 atom stereocenters. The number of halogens is 2. The number of rotatable bonds is 3. The standard InChI is InChI=1S/C17H16F2N2O3/c1-21(17(22)12-8-10(18)9-20-16(12)23-2)14-6-7-24-15-11(14)4-3-5-13(15)19/h3-5,8-9,14H,6-7H2,1-2H3/t14-/m1/s1. The highest BCUT2D eigenvalue weighted by Gasteiger charge is 2.31. The van der Waals surface area contributed by atoms with E-state index in [4.69, 9.17) is 9.47 Å². The van der Waals surface area contributed by atoms with Crippen molar-refractivity contribution in [3.8, 4) is 11.6 Å². The summed E-state index contributed by atoms with van der Waals surface area (Å²) in [6, 6.07) is 5.29. The van der Waals surface area contributed by atoms with Crippen LogP contribution in [0.2, 0.25) is 0 Å². The van der Waals surface area contributed by atoms with Crippen LogP contribution < -0.4 is 9.47 Å². The van der Waals surface area contributed by atoms with Crippen molar-refractivity contribution in [3.05, 3.63) is 53.2 Å². The van der Waals surface area contributed by atoms with E-state index in [2.05, 4.69) is 4.98 Å². The summed E-state index contributed by atoms with van der Waals surface area (Å²) < 4.78 is 37.8. The molecule has 0 radical (unpaired) electrons. The molecule has 0 saturated carbocycles. The van der Waals surface area contributed by atoms with Crippen molar-refractivity contribution >= 4 is 5.91 Å². The number of benzene rings is 1. The van der Waals surface area contributed by atoms with E-state index in [-0.39, 0.29) is 29.8 Å². The summed E-state index contributed by atoms with van der Waals surface area (Å²) in [5.41, 5.74) is 0.602. The molecule has 1 amide bonds. The predicted molar refractivity (Wildman–Crippen MR) is 82.1 cm³/mol. The van der Waals surface area contributed by atoms with E-state index in [1.807, 2.05) is 0 Å². The second-order valence-electron chi connectivity index (χ2n) is 5.44. The molecule has 0 fully saturated rings. The molecule has 1 aliphatic rings. The van der Waals surface area contributed by atoms with Crippen molar-refractivity contribution in [1.29, 1.82) is 0 Å². The van der Waals surface area contributed by atoms with Gasteiger partial charge in [0, 0.05) is 19.0 Å². The maximum absolute atomic E-state index is 13.9. The number of methoxy groups -OCH3 is 1. The third kappa shape index (κ3) is 2.77. The lowest BCUT2D eigenvalue weighted by Gasteiger charge is -2.33. The summed E-state index contributed by atoms with van der Waals surface area (Å²) in [6.45, 7) is 0.286. The molecule has 24 heavy (non-hydrogen) atoms. The molecule has 0 unspecified atom stereocenters. The first-order valence-electron chi connectivity index (χ1n) is 7.41. The summed E-state index contributed by atoms with van der Waals surface area (Å²) in [6.07, 6.45) is 1.48. The Kier molecular flexibility index (Phi) is 4.33. The van der Waals surface area contributed by atoms with Gasteiger partial charge in [-0.15, -0.1) is 0 Å². The van der Waals surface area contributed by atoms with Gasteiger partial charge in [-0.25, -0.2) is 13.8 Å². The van der Waals surface area contributed by atoms with E-state index in [1.54, 1.807) is 19.2 Å². The van der Waals surface area contributed by atoms with Gasteiger partial charge in [0.25, 0.3) is 5.91 Å². The van der Waals surface area contributed by atoms with Gasteiger partial charge in [0.1, 0.15) is 11.4 Å². The van der Waals surface area contributed by atoms with Crippen LogP contribution in [0, 0.1) is 11.6 Å². The van der Waals surface area contributed by atoms with E-state index < -0.39 is 17.5 Å². The quantitative estimate of drug-likeness (QED) is 0.866. The van der Waals surface area contributed by atoms with Gasteiger partial charge in [0.2, 0.25) is 5.88 Å². The average molecular weight is 334 g/mol. The number of aromatic nitrogens is 1. The highest BCUT2D eigenvalue weighted by atomic mass is 19.1. The molecule has 2 heterocycles. The van der Waals surface area contributed by atoms with Gasteiger partial charge in [0.15, 0.2) is 11.6 Å². The predicted octanol–water partition coefficient (Wildman–Crippen LogP) is 2.96. The summed E-state index contributed by atoms with van der Waals surface area (Å²) in [7, 11) is 2.94. The third-order valence-corrected chi connectivity index (χ3v) is 4.02. The smallest absolute Gasteiger partial charge is 0.259 e. The Morgan fingerprint density at radius 2 is 2.21 bits per heavy atom. The van der Waals surface area contributed by atoms with E-state index >= 15 is 0 Å². The molecular weight excluding hydrogens is 318 g/mol. The Balaban J connectivity index is 1.96. The molecule has 1 aromatic heterocycles. The zero-order valence-electron chi connectivity index (χ0n) is 13.3. The number of amides is 1. The van der Waals surface area contributed by atoms with E-state index in [0.717, 1.165) is 12.3 Å². The maximum Gasteiger partial charge on any atom is 0.259 e. The monoisotopic (exact) mass is 334 g/mol. The molecular formula is C17H16F2N2O3. The van der Waals surface area contributed by atoms with Crippen molar-refractivity contribution in [2.75, 3.05) is 20.8 Å². The summed E-state index contributed by atoms with van der Waals surface area (Å²) >= 11 is 0. The van der Waals surface area contributed by atoms with E-state index in [0.29, 0.717) is 12.0 Å². The van der Waals surface area contributed by atoms with Crippen LogP contribution in [0.25, 0.3) is 0 Å². The topological polar surface area (TPSA) is 51.7 Å². The van der Waals surface area contributed by atoms with Gasteiger partial charge in [-0.3, -0.25) is 4.79 Å². The van der Waals surface area contributed by atoms with E-state index in [1.165, 1.54) is 18.1 Å². The lowest BCUT2D eigenvalue weighted by Crippen LogP contribution is -2.35. The number of fused-ring (bicyclic) bond motifs is 1. The van der Waals surface area contributed by atoms with Gasteiger partial charge < -0.3 is 14.4 Å². The summed E-state index contributed by atoms with van der Waals surface area (Å²) in [4.78, 5) is 18.0. The first kappa shape index (κ1) is 16.2. The number of ether oxygens (including phenoxy) is 2. The second kappa shape index (κ2) is 6.43. The molecule has 0 saturated heterocycles. The second-order valence-corrected chi connectivity index (χ2v) is 5.44.